The second kappa shape index (κ2) is 10.4. The lowest BCUT2D eigenvalue weighted by molar-refractivity contribution is -0.111. The third-order valence-corrected chi connectivity index (χ3v) is 5.98. The van der Waals surface area contributed by atoms with Gasteiger partial charge in [0.2, 0.25) is 11.7 Å². The Morgan fingerprint density at radius 3 is 2.47 bits per heavy atom. The molecule has 0 saturated heterocycles. The van der Waals surface area contributed by atoms with Crippen LogP contribution in [0.5, 0.6) is 17.2 Å². The Morgan fingerprint density at radius 1 is 1.00 bits per heavy atom. The van der Waals surface area contributed by atoms with Gasteiger partial charge in [-0.05, 0) is 55.2 Å². The molecule has 3 aromatic rings. The minimum atomic E-state index is -0.242. The van der Waals surface area contributed by atoms with E-state index in [1.165, 1.54) is 12.5 Å². The molecular weight excluding hydrogens is 432 g/mol. The Morgan fingerprint density at radius 2 is 1.76 bits per heavy atom. The zero-order chi connectivity index (χ0) is 24.1. The van der Waals surface area contributed by atoms with Crippen molar-refractivity contribution in [1.29, 1.82) is 0 Å². The Kier molecular flexibility index (Phi) is 7.15. The lowest BCUT2D eigenvalue weighted by Gasteiger charge is -2.13. The quantitative estimate of drug-likeness (QED) is 0.514. The first-order valence-corrected chi connectivity index (χ1v) is 11.4. The molecule has 2 heterocycles. The number of carbonyl (C=O) groups is 1. The van der Waals surface area contributed by atoms with Crippen molar-refractivity contribution in [3.8, 4) is 28.6 Å². The summed E-state index contributed by atoms with van der Waals surface area (Å²) in [4.78, 5) is 12.7. The second-order valence-corrected chi connectivity index (χ2v) is 8.21. The standard InChI is InChI=1S/C26H30N4O4/c1-17-9-11-19(26-29-28-23-8-6-5-7-13-30(23)26)16-20(17)27-24(31)12-10-18-14-21(32-2)25(34-4)22(15-18)33-3/h9-12,14-16H,5-8,13H2,1-4H3,(H,27,31)/b12-10+. The number of methoxy groups -OCH3 is 3. The van der Waals surface area contributed by atoms with Gasteiger partial charge in [0.25, 0.3) is 0 Å². The molecule has 0 fully saturated rings. The number of aromatic nitrogens is 3. The predicted octanol–water partition coefficient (Wildman–Crippen LogP) is 4.66. The topological polar surface area (TPSA) is 87.5 Å². The lowest BCUT2D eigenvalue weighted by atomic mass is 10.1. The van der Waals surface area contributed by atoms with Gasteiger partial charge in [-0.1, -0.05) is 18.6 Å². The van der Waals surface area contributed by atoms with Crippen LogP contribution in [0.2, 0.25) is 0 Å². The van der Waals surface area contributed by atoms with E-state index in [0.717, 1.165) is 59.8 Å². The summed E-state index contributed by atoms with van der Waals surface area (Å²) in [6.45, 7) is 2.89. The Labute approximate surface area is 199 Å². The van der Waals surface area contributed by atoms with E-state index in [4.69, 9.17) is 14.2 Å². The number of hydrogen-bond acceptors (Lipinski definition) is 6. The summed E-state index contributed by atoms with van der Waals surface area (Å²) in [5.41, 5.74) is 3.40. The summed E-state index contributed by atoms with van der Waals surface area (Å²) in [7, 11) is 4.67. The third kappa shape index (κ3) is 4.90. The molecule has 178 valence electrons. The Bertz CT molecular complexity index is 1190. The van der Waals surface area contributed by atoms with E-state index >= 15 is 0 Å². The molecule has 1 amide bonds. The summed E-state index contributed by atoms with van der Waals surface area (Å²) in [5.74, 6) is 3.20. The number of carbonyl (C=O) groups excluding carboxylic acids is 1. The highest BCUT2D eigenvalue weighted by atomic mass is 16.5. The number of aryl methyl sites for hydroxylation is 2. The number of amides is 1. The fourth-order valence-electron chi connectivity index (χ4n) is 4.14. The maximum absolute atomic E-state index is 12.7. The fraction of sp³-hybridized carbons (Fsp3) is 0.346. The van der Waals surface area contributed by atoms with Gasteiger partial charge < -0.3 is 24.1 Å². The molecule has 0 spiro atoms. The van der Waals surface area contributed by atoms with Gasteiger partial charge in [0.1, 0.15) is 5.82 Å². The third-order valence-electron chi connectivity index (χ3n) is 5.98. The molecule has 0 aliphatic carbocycles. The van der Waals surface area contributed by atoms with Gasteiger partial charge in [0.15, 0.2) is 17.3 Å². The monoisotopic (exact) mass is 462 g/mol. The summed E-state index contributed by atoms with van der Waals surface area (Å²) in [5, 5.41) is 11.8. The first kappa shape index (κ1) is 23.4. The molecule has 1 N–H and O–H groups in total. The summed E-state index contributed by atoms with van der Waals surface area (Å²) in [6.07, 6.45) is 7.61. The number of ether oxygens (including phenoxy) is 3. The molecular formula is C26H30N4O4. The molecule has 1 aliphatic heterocycles. The zero-order valence-corrected chi connectivity index (χ0v) is 20.1. The molecule has 2 aromatic carbocycles. The second-order valence-electron chi connectivity index (χ2n) is 8.21. The number of hydrogen-bond donors (Lipinski definition) is 1. The number of nitrogens with one attached hydrogen (secondary N) is 1. The number of benzene rings is 2. The lowest BCUT2D eigenvalue weighted by Crippen LogP contribution is -2.09. The molecule has 34 heavy (non-hydrogen) atoms. The fourth-order valence-corrected chi connectivity index (χ4v) is 4.14. The van der Waals surface area contributed by atoms with Gasteiger partial charge in [0.05, 0.1) is 21.3 Å². The van der Waals surface area contributed by atoms with Gasteiger partial charge in [-0.25, -0.2) is 0 Å². The smallest absolute Gasteiger partial charge is 0.248 e. The highest BCUT2D eigenvalue weighted by molar-refractivity contribution is 6.02. The van der Waals surface area contributed by atoms with Crippen molar-refractivity contribution in [3.63, 3.8) is 0 Å². The number of nitrogens with zero attached hydrogens (tertiary/aromatic N) is 3. The van der Waals surface area contributed by atoms with E-state index < -0.39 is 0 Å². The molecule has 0 unspecified atom stereocenters. The van der Waals surface area contributed by atoms with Crippen molar-refractivity contribution < 1.29 is 19.0 Å². The van der Waals surface area contributed by atoms with E-state index in [9.17, 15) is 4.79 Å². The van der Waals surface area contributed by atoms with E-state index in [2.05, 4.69) is 20.1 Å². The van der Waals surface area contributed by atoms with Crippen molar-refractivity contribution in [2.45, 2.75) is 39.2 Å². The van der Waals surface area contributed by atoms with Crippen molar-refractivity contribution in [3.05, 3.63) is 53.4 Å². The van der Waals surface area contributed by atoms with Gasteiger partial charge in [-0.3, -0.25) is 4.79 Å². The largest absolute Gasteiger partial charge is 0.493 e. The highest BCUT2D eigenvalue weighted by Crippen LogP contribution is 2.38. The van der Waals surface area contributed by atoms with Crippen molar-refractivity contribution in [1.82, 2.24) is 14.8 Å². The van der Waals surface area contributed by atoms with Crippen LogP contribution in [0.25, 0.3) is 17.5 Å². The zero-order valence-electron chi connectivity index (χ0n) is 20.1. The van der Waals surface area contributed by atoms with Crippen LogP contribution in [0, 0.1) is 6.92 Å². The highest BCUT2D eigenvalue weighted by Gasteiger charge is 2.17. The first-order chi connectivity index (χ1) is 16.5. The SMILES string of the molecule is COc1cc(/C=C/C(=O)Nc2cc(-c3nnc4n3CCCCC4)ccc2C)cc(OC)c1OC. The van der Waals surface area contributed by atoms with Crippen LogP contribution in [0.4, 0.5) is 5.69 Å². The molecule has 1 aromatic heterocycles. The molecule has 0 saturated carbocycles. The van der Waals surface area contributed by atoms with Crippen LogP contribution in [-0.2, 0) is 17.8 Å². The molecule has 8 heteroatoms. The van der Waals surface area contributed by atoms with Gasteiger partial charge in [0, 0.05) is 30.3 Å². The summed E-state index contributed by atoms with van der Waals surface area (Å²) >= 11 is 0. The maximum Gasteiger partial charge on any atom is 0.248 e. The Hall–Kier alpha value is -3.81. The minimum Gasteiger partial charge on any atom is -0.493 e. The van der Waals surface area contributed by atoms with Gasteiger partial charge in [-0.15, -0.1) is 10.2 Å². The summed E-state index contributed by atoms with van der Waals surface area (Å²) in [6, 6.07) is 9.55. The van der Waals surface area contributed by atoms with Crippen LogP contribution in [-0.4, -0.2) is 42.0 Å². The molecule has 1 aliphatic rings. The molecule has 4 rings (SSSR count). The van der Waals surface area contributed by atoms with E-state index in [-0.39, 0.29) is 5.91 Å². The van der Waals surface area contributed by atoms with Crippen LogP contribution < -0.4 is 19.5 Å². The minimum absolute atomic E-state index is 0.242. The number of fused-ring (bicyclic) bond motifs is 1. The number of anilines is 1. The molecule has 0 atom stereocenters. The first-order valence-electron chi connectivity index (χ1n) is 11.4. The van der Waals surface area contributed by atoms with Gasteiger partial charge >= 0.3 is 0 Å². The van der Waals surface area contributed by atoms with E-state index in [0.29, 0.717) is 17.2 Å². The van der Waals surface area contributed by atoms with Crippen molar-refractivity contribution in [2.24, 2.45) is 0 Å². The van der Waals surface area contributed by atoms with Crippen LogP contribution in [0.15, 0.2) is 36.4 Å². The number of rotatable bonds is 7. The van der Waals surface area contributed by atoms with Gasteiger partial charge in [-0.2, -0.15) is 0 Å². The normalized spacial score (nSPS) is 13.3. The van der Waals surface area contributed by atoms with Crippen LogP contribution in [0.3, 0.4) is 0 Å². The summed E-state index contributed by atoms with van der Waals surface area (Å²) < 4.78 is 18.3. The molecule has 0 bridgehead atoms. The van der Waals surface area contributed by atoms with Crippen molar-refractivity contribution >= 4 is 17.7 Å². The Balaban J connectivity index is 1.54. The van der Waals surface area contributed by atoms with Crippen LogP contribution in [0.1, 0.15) is 36.2 Å². The van der Waals surface area contributed by atoms with Crippen LogP contribution >= 0.6 is 0 Å². The van der Waals surface area contributed by atoms with E-state index in [1.54, 1.807) is 39.5 Å². The predicted molar refractivity (Wildman–Crippen MR) is 132 cm³/mol. The average molecular weight is 463 g/mol. The molecule has 0 radical (unpaired) electrons. The van der Waals surface area contributed by atoms with Crippen molar-refractivity contribution in [2.75, 3.05) is 26.6 Å². The maximum atomic E-state index is 12.7. The van der Waals surface area contributed by atoms with E-state index in [1.807, 2.05) is 25.1 Å². The average Bonchev–Trinajstić information content (AvgIpc) is 3.11. The molecule has 8 nitrogen and oxygen atoms in total.